The molecule has 0 saturated carbocycles. The van der Waals surface area contributed by atoms with E-state index in [0.717, 1.165) is 29.4 Å². The highest BCUT2D eigenvalue weighted by Crippen LogP contribution is 2.37. The van der Waals surface area contributed by atoms with E-state index in [-0.39, 0.29) is 24.7 Å². The van der Waals surface area contributed by atoms with Crippen molar-refractivity contribution in [3.05, 3.63) is 63.6 Å². The summed E-state index contributed by atoms with van der Waals surface area (Å²) in [5.41, 5.74) is -2.21. The lowest BCUT2D eigenvalue weighted by molar-refractivity contribution is -0.143. The van der Waals surface area contributed by atoms with Gasteiger partial charge >= 0.3 is 12.4 Å². The number of rotatable bonds is 11. The zero-order valence-electron chi connectivity index (χ0n) is 17.4. The topological polar surface area (TPSA) is 58.2 Å². The standard InChI is InChI=1S/C21H23BrF6N2O2S/c22-18-7-5-15(6-8-18)14-29-9-3-1-2-4-10-30-33(31,32)19-12-16(20(23,24)25)11-17(13-19)21(26,27)28/h5-8,11-13,29-30H,1-4,9-10,14H2. The Kier molecular flexibility index (Phi) is 9.77. The third kappa shape index (κ3) is 9.26. The largest absolute Gasteiger partial charge is 0.416 e. The smallest absolute Gasteiger partial charge is 0.313 e. The first-order valence-electron chi connectivity index (χ1n) is 10.0. The summed E-state index contributed by atoms with van der Waals surface area (Å²) in [5, 5.41) is 3.28. The Morgan fingerprint density at radius 2 is 1.27 bits per heavy atom. The van der Waals surface area contributed by atoms with Crippen LogP contribution in [0.5, 0.6) is 0 Å². The van der Waals surface area contributed by atoms with Crippen LogP contribution in [-0.4, -0.2) is 21.5 Å². The van der Waals surface area contributed by atoms with Gasteiger partial charge in [-0.2, -0.15) is 26.3 Å². The number of sulfonamides is 1. The van der Waals surface area contributed by atoms with Crippen LogP contribution in [0.3, 0.4) is 0 Å². The van der Waals surface area contributed by atoms with Gasteiger partial charge in [0.1, 0.15) is 0 Å². The van der Waals surface area contributed by atoms with E-state index in [1.807, 2.05) is 24.3 Å². The minimum Gasteiger partial charge on any atom is -0.313 e. The van der Waals surface area contributed by atoms with E-state index in [1.54, 1.807) is 0 Å². The molecule has 184 valence electrons. The van der Waals surface area contributed by atoms with E-state index in [2.05, 4.69) is 26.0 Å². The van der Waals surface area contributed by atoms with Crippen molar-refractivity contribution < 1.29 is 34.8 Å². The molecule has 0 aliphatic rings. The van der Waals surface area contributed by atoms with Gasteiger partial charge in [-0.15, -0.1) is 0 Å². The summed E-state index contributed by atoms with van der Waals surface area (Å²) in [7, 11) is -4.53. The molecule has 0 fully saturated rings. The minimum absolute atomic E-state index is 0.0910. The quantitative estimate of drug-likeness (QED) is 0.257. The Morgan fingerprint density at radius 1 is 0.758 bits per heavy atom. The first kappa shape index (κ1) is 27.6. The maximum atomic E-state index is 12.9. The molecule has 2 aromatic carbocycles. The molecule has 2 N–H and O–H groups in total. The van der Waals surface area contributed by atoms with Gasteiger partial charge in [0.2, 0.25) is 10.0 Å². The predicted molar refractivity (Wildman–Crippen MR) is 116 cm³/mol. The Labute approximate surface area is 196 Å². The van der Waals surface area contributed by atoms with E-state index in [4.69, 9.17) is 0 Å². The van der Waals surface area contributed by atoms with E-state index in [0.29, 0.717) is 19.4 Å². The molecule has 0 saturated heterocycles. The Morgan fingerprint density at radius 3 is 1.79 bits per heavy atom. The van der Waals surface area contributed by atoms with Crippen molar-refractivity contribution in [3.63, 3.8) is 0 Å². The van der Waals surface area contributed by atoms with Crippen LogP contribution in [0.2, 0.25) is 0 Å². The molecule has 4 nitrogen and oxygen atoms in total. The van der Waals surface area contributed by atoms with Gasteiger partial charge in [0, 0.05) is 17.6 Å². The normalized spacial score (nSPS) is 12.8. The molecule has 0 radical (unpaired) electrons. The summed E-state index contributed by atoms with van der Waals surface area (Å²) in [6, 6.07) is 8.17. The number of nitrogens with one attached hydrogen (secondary N) is 2. The lowest BCUT2D eigenvalue weighted by Crippen LogP contribution is -2.26. The van der Waals surface area contributed by atoms with Gasteiger partial charge in [0.05, 0.1) is 16.0 Å². The first-order chi connectivity index (χ1) is 15.3. The second-order valence-electron chi connectivity index (χ2n) is 7.36. The van der Waals surface area contributed by atoms with Crippen LogP contribution in [0.1, 0.15) is 42.4 Å². The van der Waals surface area contributed by atoms with Gasteiger partial charge in [0.25, 0.3) is 0 Å². The van der Waals surface area contributed by atoms with Crippen molar-refractivity contribution in [1.82, 2.24) is 10.0 Å². The van der Waals surface area contributed by atoms with Crippen molar-refractivity contribution in [3.8, 4) is 0 Å². The van der Waals surface area contributed by atoms with Gasteiger partial charge in [-0.1, -0.05) is 40.9 Å². The summed E-state index contributed by atoms with van der Waals surface area (Å²) >= 11 is 3.36. The fraction of sp³-hybridized carbons (Fsp3) is 0.429. The SMILES string of the molecule is O=S(=O)(NCCCCCCNCc1ccc(Br)cc1)c1cc(C(F)(F)F)cc(C(F)(F)F)c1. The highest BCUT2D eigenvalue weighted by Gasteiger charge is 2.38. The van der Waals surface area contributed by atoms with Crippen molar-refractivity contribution in [1.29, 1.82) is 0 Å². The molecule has 0 heterocycles. The number of hydrogen-bond donors (Lipinski definition) is 2. The highest BCUT2D eigenvalue weighted by atomic mass is 79.9. The summed E-state index contributed by atoms with van der Waals surface area (Å²) in [5.74, 6) is 0. The molecule has 0 amide bonds. The molecule has 2 rings (SSSR count). The molecule has 0 spiro atoms. The number of alkyl halides is 6. The van der Waals surface area contributed by atoms with Crippen LogP contribution in [-0.2, 0) is 28.9 Å². The second-order valence-corrected chi connectivity index (χ2v) is 10.0. The molecular formula is C21H23BrF6N2O2S. The van der Waals surface area contributed by atoms with E-state index >= 15 is 0 Å². The average Bonchev–Trinajstić information content (AvgIpc) is 2.72. The third-order valence-electron chi connectivity index (χ3n) is 4.69. The monoisotopic (exact) mass is 560 g/mol. The van der Waals surface area contributed by atoms with Gasteiger partial charge in [-0.3, -0.25) is 0 Å². The van der Waals surface area contributed by atoms with Crippen LogP contribution in [0, 0.1) is 0 Å². The fourth-order valence-corrected chi connectivity index (χ4v) is 4.34. The Bertz CT molecular complexity index is 977. The average molecular weight is 561 g/mol. The van der Waals surface area contributed by atoms with Gasteiger partial charge in [0.15, 0.2) is 0 Å². The molecule has 0 atom stereocenters. The maximum Gasteiger partial charge on any atom is 0.416 e. The highest BCUT2D eigenvalue weighted by molar-refractivity contribution is 9.10. The third-order valence-corrected chi connectivity index (χ3v) is 6.66. The number of halogens is 7. The molecule has 0 unspecified atom stereocenters. The van der Waals surface area contributed by atoms with Crippen LogP contribution < -0.4 is 10.0 Å². The van der Waals surface area contributed by atoms with Crippen LogP contribution in [0.25, 0.3) is 0 Å². The molecule has 0 aromatic heterocycles. The van der Waals surface area contributed by atoms with Crippen molar-refractivity contribution in [2.24, 2.45) is 0 Å². The lowest BCUT2D eigenvalue weighted by Gasteiger charge is -2.14. The second kappa shape index (κ2) is 11.7. The van der Waals surface area contributed by atoms with Crippen molar-refractivity contribution in [2.45, 2.75) is 49.5 Å². The van der Waals surface area contributed by atoms with Gasteiger partial charge in [-0.05, 0) is 55.3 Å². The maximum absolute atomic E-state index is 12.9. The van der Waals surface area contributed by atoms with Gasteiger partial charge < -0.3 is 5.32 Å². The van der Waals surface area contributed by atoms with Crippen LogP contribution in [0.4, 0.5) is 26.3 Å². The number of hydrogen-bond acceptors (Lipinski definition) is 3. The molecule has 0 bridgehead atoms. The van der Waals surface area contributed by atoms with Crippen molar-refractivity contribution in [2.75, 3.05) is 13.1 Å². The Hall–Kier alpha value is -1.63. The first-order valence-corrected chi connectivity index (χ1v) is 12.3. The number of unbranched alkanes of at least 4 members (excludes halogenated alkanes) is 3. The lowest BCUT2D eigenvalue weighted by atomic mass is 10.1. The van der Waals surface area contributed by atoms with Crippen LogP contribution >= 0.6 is 15.9 Å². The Balaban J connectivity index is 1.78. The fourth-order valence-electron chi connectivity index (χ4n) is 2.93. The summed E-state index contributed by atoms with van der Waals surface area (Å²) < 4.78 is 105. The molecule has 2 aromatic rings. The van der Waals surface area contributed by atoms with Crippen molar-refractivity contribution >= 4 is 26.0 Å². The molecule has 0 aliphatic carbocycles. The van der Waals surface area contributed by atoms with E-state index in [1.165, 1.54) is 0 Å². The summed E-state index contributed by atoms with van der Waals surface area (Å²) in [6.45, 7) is 1.38. The van der Waals surface area contributed by atoms with Crippen LogP contribution in [0.15, 0.2) is 51.8 Å². The number of benzene rings is 2. The van der Waals surface area contributed by atoms with Gasteiger partial charge in [-0.25, -0.2) is 13.1 Å². The van der Waals surface area contributed by atoms with E-state index < -0.39 is 38.4 Å². The molecule has 33 heavy (non-hydrogen) atoms. The summed E-state index contributed by atoms with van der Waals surface area (Å²) in [4.78, 5) is -1.07. The zero-order valence-corrected chi connectivity index (χ0v) is 19.8. The summed E-state index contributed by atoms with van der Waals surface area (Å²) in [6.07, 6.45) is -7.55. The zero-order chi connectivity index (χ0) is 24.7. The molecular weight excluding hydrogens is 538 g/mol. The molecule has 12 heteroatoms. The molecule has 0 aliphatic heterocycles. The predicted octanol–water partition coefficient (Wildman–Crippen LogP) is 6.12. The minimum atomic E-state index is -5.11. The van der Waals surface area contributed by atoms with E-state index in [9.17, 15) is 34.8 Å².